The maximum atomic E-state index is 13.5. The Bertz CT molecular complexity index is 1370. The fourth-order valence-electron chi connectivity index (χ4n) is 4.34. The number of hydrogen-bond acceptors (Lipinski definition) is 5. The summed E-state index contributed by atoms with van der Waals surface area (Å²) in [5.74, 6) is -0.664. The van der Waals surface area contributed by atoms with Gasteiger partial charge in [-0.3, -0.25) is 4.79 Å². The van der Waals surface area contributed by atoms with Gasteiger partial charge in [-0.25, -0.2) is 9.78 Å². The van der Waals surface area contributed by atoms with Gasteiger partial charge in [-0.05, 0) is 49.4 Å². The van der Waals surface area contributed by atoms with Crippen LogP contribution in [-0.4, -0.2) is 24.0 Å². The lowest BCUT2D eigenvalue weighted by Crippen LogP contribution is -2.15. The molecule has 2 heterocycles. The molecule has 1 N–H and O–H groups in total. The van der Waals surface area contributed by atoms with E-state index < -0.39 is 5.97 Å². The minimum atomic E-state index is -0.403. The van der Waals surface area contributed by atoms with Crippen molar-refractivity contribution in [2.45, 2.75) is 26.2 Å². The quantitative estimate of drug-likeness (QED) is 0.406. The topological polar surface area (TPSA) is 68.3 Å². The van der Waals surface area contributed by atoms with E-state index in [9.17, 15) is 9.59 Å². The molecule has 0 aliphatic heterocycles. The van der Waals surface area contributed by atoms with Gasteiger partial charge >= 0.3 is 5.97 Å². The Morgan fingerprint density at radius 3 is 2.66 bits per heavy atom. The summed E-state index contributed by atoms with van der Waals surface area (Å²) in [5.41, 5.74) is 5.60. The monoisotopic (exact) mass is 442 g/mol. The fourth-order valence-corrected chi connectivity index (χ4v) is 5.61. The average molecular weight is 443 g/mol. The normalized spacial score (nSPS) is 12.6. The zero-order valence-corrected chi connectivity index (χ0v) is 18.7. The van der Waals surface area contributed by atoms with Crippen LogP contribution in [0.2, 0.25) is 0 Å². The largest absolute Gasteiger partial charge is 0.465 e. The van der Waals surface area contributed by atoms with Crippen LogP contribution in [0, 0.1) is 6.92 Å². The third-order valence-electron chi connectivity index (χ3n) is 5.92. The first kappa shape index (κ1) is 20.4. The van der Waals surface area contributed by atoms with Crippen molar-refractivity contribution in [3.8, 4) is 11.3 Å². The Balaban J connectivity index is 1.60. The third-order valence-corrected chi connectivity index (χ3v) is 7.13. The van der Waals surface area contributed by atoms with E-state index in [-0.39, 0.29) is 5.91 Å². The van der Waals surface area contributed by atoms with Crippen molar-refractivity contribution in [2.75, 3.05) is 12.4 Å². The molecule has 4 aromatic rings. The van der Waals surface area contributed by atoms with Gasteiger partial charge in [0.05, 0.1) is 29.4 Å². The number of carbonyl (C=O) groups excluding carboxylic acids is 2. The van der Waals surface area contributed by atoms with Crippen molar-refractivity contribution >= 4 is 39.1 Å². The Morgan fingerprint density at radius 1 is 1.06 bits per heavy atom. The molecule has 0 fully saturated rings. The number of para-hydroxylation sites is 1. The van der Waals surface area contributed by atoms with Crippen LogP contribution in [0.4, 0.5) is 5.00 Å². The smallest absolute Gasteiger partial charge is 0.341 e. The molecular formula is C26H22N2O3S. The first-order valence-electron chi connectivity index (χ1n) is 10.6. The number of nitrogens with one attached hydrogen (secondary N) is 1. The summed E-state index contributed by atoms with van der Waals surface area (Å²) in [6, 6.07) is 17.4. The van der Waals surface area contributed by atoms with Crippen molar-refractivity contribution in [2.24, 2.45) is 0 Å². The molecule has 1 aliphatic carbocycles. The van der Waals surface area contributed by atoms with Crippen molar-refractivity contribution in [3.63, 3.8) is 0 Å². The molecule has 0 saturated heterocycles. The van der Waals surface area contributed by atoms with Gasteiger partial charge in [0.1, 0.15) is 5.00 Å². The van der Waals surface area contributed by atoms with Gasteiger partial charge in [0.25, 0.3) is 5.91 Å². The fraction of sp³-hybridized carbons (Fsp3) is 0.192. The molecule has 0 spiro atoms. The number of carbonyl (C=O) groups is 2. The predicted molar refractivity (Wildman–Crippen MR) is 128 cm³/mol. The minimum absolute atomic E-state index is 0.261. The number of rotatable bonds is 4. The molecule has 1 amide bonds. The SMILES string of the molecule is COC(=O)c1c(NC(=O)c2cc(-c3ccccc3C)nc3ccccc23)sc2c1CCC2. The van der Waals surface area contributed by atoms with E-state index in [4.69, 9.17) is 9.72 Å². The average Bonchev–Trinajstić information content (AvgIpc) is 3.39. The standard InChI is InChI=1S/C26H22N2O3S/c1-15-8-3-4-9-16(15)21-14-19(17-10-5-6-12-20(17)27-21)24(29)28-25-23(26(30)31-2)18-11-7-13-22(18)32-25/h3-6,8-10,12,14H,7,11,13H2,1-2H3,(H,28,29). The van der Waals surface area contributed by atoms with Crippen molar-refractivity contribution < 1.29 is 14.3 Å². The maximum Gasteiger partial charge on any atom is 0.341 e. The number of nitrogens with zero attached hydrogens (tertiary/aromatic N) is 1. The van der Waals surface area contributed by atoms with E-state index in [1.54, 1.807) is 0 Å². The number of amides is 1. The lowest BCUT2D eigenvalue weighted by molar-refractivity contribution is 0.0601. The van der Waals surface area contributed by atoms with Crippen LogP contribution in [0.3, 0.4) is 0 Å². The molecule has 0 unspecified atom stereocenters. The van der Waals surface area contributed by atoms with E-state index in [0.29, 0.717) is 16.1 Å². The molecule has 160 valence electrons. The number of fused-ring (bicyclic) bond motifs is 2. The summed E-state index contributed by atoms with van der Waals surface area (Å²) >= 11 is 1.48. The van der Waals surface area contributed by atoms with Gasteiger partial charge in [-0.15, -0.1) is 11.3 Å². The van der Waals surface area contributed by atoms with Crippen LogP contribution in [0.15, 0.2) is 54.6 Å². The number of hydrogen-bond donors (Lipinski definition) is 1. The van der Waals surface area contributed by atoms with Crippen molar-refractivity contribution in [3.05, 3.63) is 81.7 Å². The molecule has 0 bridgehead atoms. The summed E-state index contributed by atoms with van der Waals surface area (Å²) in [4.78, 5) is 31.9. The molecule has 0 saturated carbocycles. The lowest BCUT2D eigenvalue weighted by Gasteiger charge is -2.12. The molecule has 5 nitrogen and oxygen atoms in total. The van der Waals surface area contributed by atoms with Crippen LogP contribution in [-0.2, 0) is 17.6 Å². The van der Waals surface area contributed by atoms with Crippen LogP contribution in [0.25, 0.3) is 22.2 Å². The molecule has 2 aromatic carbocycles. The van der Waals surface area contributed by atoms with Gasteiger partial charge < -0.3 is 10.1 Å². The van der Waals surface area contributed by atoms with Crippen LogP contribution in [0.5, 0.6) is 0 Å². The van der Waals surface area contributed by atoms with Crippen LogP contribution >= 0.6 is 11.3 Å². The van der Waals surface area contributed by atoms with Crippen LogP contribution < -0.4 is 5.32 Å². The third kappa shape index (κ3) is 3.46. The van der Waals surface area contributed by atoms with Crippen molar-refractivity contribution in [1.82, 2.24) is 4.98 Å². The molecule has 0 atom stereocenters. The number of aryl methyl sites for hydroxylation is 2. The number of methoxy groups -OCH3 is 1. The number of aromatic nitrogens is 1. The second-order valence-electron chi connectivity index (χ2n) is 7.89. The first-order chi connectivity index (χ1) is 15.6. The molecule has 5 rings (SSSR count). The van der Waals surface area contributed by atoms with E-state index in [0.717, 1.165) is 57.4 Å². The Kier molecular flexibility index (Phi) is 5.23. The van der Waals surface area contributed by atoms with Crippen LogP contribution in [0.1, 0.15) is 43.1 Å². The highest BCUT2D eigenvalue weighted by molar-refractivity contribution is 7.17. The first-order valence-corrected chi connectivity index (χ1v) is 11.4. The molecule has 2 aromatic heterocycles. The highest BCUT2D eigenvalue weighted by Gasteiger charge is 2.28. The molecule has 32 heavy (non-hydrogen) atoms. The van der Waals surface area contributed by atoms with Gasteiger partial charge in [-0.1, -0.05) is 42.5 Å². The Labute approximate surface area is 190 Å². The number of ether oxygens (including phenoxy) is 1. The second kappa shape index (κ2) is 8.20. The number of pyridine rings is 1. The summed E-state index contributed by atoms with van der Waals surface area (Å²) in [6.45, 7) is 2.03. The van der Waals surface area contributed by atoms with E-state index in [1.165, 1.54) is 18.4 Å². The summed E-state index contributed by atoms with van der Waals surface area (Å²) in [6.07, 6.45) is 2.78. The zero-order valence-electron chi connectivity index (χ0n) is 17.9. The molecule has 6 heteroatoms. The van der Waals surface area contributed by atoms with Gasteiger partial charge in [-0.2, -0.15) is 0 Å². The van der Waals surface area contributed by atoms with Gasteiger partial charge in [0.15, 0.2) is 0 Å². The van der Waals surface area contributed by atoms with E-state index in [1.807, 2.05) is 61.5 Å². The lowest BCUT2D eigenvalue weighted by atomic mass is 10.0. The Morgan fingerprint density at radius 2 is 1.84 bits per heavy atom. The van der Waals surface area contributed by atoms with Gasteiger partial charge in [0.2, 0.25) is 0 Å². The van der Waals surface area contributed by atoms with E-state index in [2.05, 4.69) is 5.32 Å². The minimum Gasteiger partial charge on any atom is -0.465 e. The molecule has 1 aliphatic rings. The number of anilines is 1. The van der Waals surface area contributed by atoms with Crippen molar-refractivity contribution in [1.29, 1.82) is 0 Å². The second-order valence-corrected chi connectivity index (χ2v) is 9.00. The van der Waals surface area contributed by atoms with Gasteiger partial charge in [0, 0.05) is 15.8 Å². The summed E-state index contributed by atoms with van der Waals surface area (Å²) in [7, 11) is 1.37. The van der Waals surface area contributed by atoms with E-state index >= 15 is 0 Å². The highest BCUT2D eigenvalue weighted by atomic mass is 32.1. The number of esters is 1. The summed E-state index contributed by atoms with van der Waals surface area (Å²) in [5, 5.41) is 4.34. The zero-order chi connectivity index (χ0) is 22.2. The number of benzene rings is 2. The highest BCUT2D eigenvalue weighted by Crippen LogP contribution is 2.40. The number of thiophene rings is 1. The molecule has 0 radical (unpaired) electrons. The predicted octanol–water partition coefficient (Wildman–Crippen LogP) is 5.80. The Hall–Kier alpha value is -3.51. The molecular weight excluding hydrogens is 420 g/mol. The maximum absolute atomic E-state index is 13.5. The summed E-state index contributed by atoms with van der Waals surface area (Å²) < 4.78 is 5.01.